The van der Waals surface area contributed by atoms with Crippen LogP contribution in [0.25, 0.3) is 0 Å². The molecular weight excluding hydrogens is 178 g/mol. The standard InChI is InChI=1S/C11H25NO2/c1-9(11(4,5)14)12-8-10(2,3)6-7-13/h9,12-14H,6-8H2,1-5H3. The molecule has 0 aromatic heterocycles. The first-order valence-electron chi connectivity index (χ1n) is 5.26. The fraction of sp³-hybridized carbons (Fsp3) is 1.00. The molecule has 3 nitrogen and oxygen atoms in total. The molecule has 0 saturated heterocycles. The second kappa shape index (κ2) is 5.10. The second-order valence-electron chi connectivity index (χ2n) is 5.39. The number of hydrogen-bond donors (Lipinski definition) is 3. The largest absolute Gasteiger partial charge is 0.396 e. The van der Waals surface area contributed by atoms with E-state index < -0.39 is 5.60 Å². The van der Waals surface area contributed by atoms with Crippen LogP contribution >= 0.6 is 0 Å². The smallest absolute Gasteiger partial charge is 0.0741 e. The molecule has 0 aliphatic carbocycles. The topological polar surface area (TPSA) is 52.5 Å². The number of aliphatic hydroxyl groups excluding tert-OH is 1. The lowest BCUT2D eigenvalue weighted by atomic mass is 9.88. The van der Waals surface area contributed by atoms with E-state index in [1.54, 1.807) is 13.8 Å². The van der Waals surface area contributed by atoms with Crippen LogP contribution in [-0.4, -0.2) is 35.0 Å². The molecule has 0 heterocycles. The van der Waals surface area contributed by atoms with E-state index in [1.165, 1.54) is 0 Å². The summed E-state index contributed by atoms with van der Waals surface area (Å²) in [5.41, 5.74) is -0.621. The molecule has 0 amide bonds. The van der Waals surface area contributed by atoms with Gasteiger partial charge in [-0.05, 0) is 32.6 Å². The molecule has 0 spiro atoms. The third-order valence-electron chi connectivity index (χ3n) is 2.74. The molecule has 0 aliphatic rings. The Labute approximate surface area is 87.5 Å². The molecule has 0 aromatic rings. The minimum Gasteiger partial charge on any atom is -0.396 e. The van der Waals surface area contributed by atoms with E-state index in [0.29, 0.717) is 0 Å². The van der Waals surface area contributed by atoms with E-state index in [9.17, 15) is 5.11 Å². The van der Waals surface area contributed by atoms with Crippen molar-refractivity contribution in [3.63, 3.8) is 0 Å². The Balaban J connectivity index is 3.93. The fourth-order valence-electron chi connectivity index (χ4n) is 1.07. The van der Waals surface area contributed by atoms with E-state index in [4.69, 9.17) is 5.11 Å². The molecule has 0 saturated carbocycles. The SMILES string of the molecule is CC(NCC(C)(C)CCO)C(C)(C)O. The van der Waals surface area contributed by atoms with Crippen molar-refractivity contribution < 1.29 is 10.2 Å². The molecule has 0 aromatic carbocycles. The van der Waals surface area contributed by atoms with Crippen LogP contribution < -0.4 is 5.32 Å². The Bertz CT molecular complexity index is 161. The summed E-state index contributed by atoms with van der Waals surface area (Å²) in [7, 11) is 0. The van der Waals surface area contributed by atoms with Gasteiger partial charge in [-0.2, -0.15) is 0 Å². The van der Waals surface area contributed by atoms with Gasteiger partial charge in [0.25, 0.3) is 0 Å². The Morgan fingerprint density at radius 2 is 1.71 bits per heavy atom. The molecule has 1 unspecified atom stereocenters. The minimum absolute atomic E-state index is 0.0560. The van der Waals surface area contributed by atoms with E-state index >= 15 is 0 Å². The van der Waals surface area contributed by atoms with Crippen LogP contribution in [0.2, 0.25) is 0 Å². The summed E-state index contributed by atoms with van der Waals surface area (Å²) < 4.78 is 0. The molecular formula is C11H25NO2. The third kappa shape index (κ3) is 5.58. The molecule has 14 heavy (non-hydrogen) atoms. The molecule has 0 rings (SSSR count). The van der Waals surface area contributed by atoms with Crippen LogP contribution in [0.1, 0.15) is 41.0 Å². The van der Waals surface area contributed by atoms with Gasteiger partial charge in [-0.3, -0.25) is 0 Å². The van der Waals surface area contributed by atoms with Crippen molar-refractivity contribution >= 4 is 0 Å². The van der Waals surface area contributed by atoms with Gasteiger partial charge in [0.2, 0.25) is 0 Å². The van der Waals surface area contributed by atoms with Crippen LogP contribution in [0.3, 0.4) is 0 Å². The van der Waals surface area contributed by atoms with Crippen molar-refractivity contribution in [1.82, 2.24) is 5.32 Å². The van der Waals surface area contributed by atoms with Gasteiger partial charge in [-0.1, -0.05) is 13.8 Å². The van der Waals surface area contributed by atoms with Crippen molar-refractivity contribution in [3.8, 4) is 0 Å². The summed E-state index contributed by atoms with van der Waals surface area (Å²) in [5, 5.41) is 21.8. The zero-order chi connectivity index (χ0) is 11.4. The van der Waals surface area contributed by atoms with Crippen molar-refractivity contribution in [1.29, 1.82) is 0 Å². The van der Waals surface area contributed by atoms with Crippen LogP contribution in [0.5, 0.6) is 0 Å². The van der Waals surface area contributed by atoms with E-state index in [0.717, 1.165) is 13.0 Å². The highest BCUT2D eigenvalue weighted by atomic mass is 16.3. The van der Waals surface area contributed by atoms with Crippen molar-refractivity contribution in [2.24, 2.45) is 5.41 Å². The number of rotatable bonds is 6. The van der Waals surface area contributed by atoms with Crippen molar-refractivity contribution in [2.45, 2.75) is 52.7 Å². The monoisotopic (exact) mass is 203 g/mol. The number of hydrogen-bond acceptors (Lipinski definition) is 3. The highest BCUT2D eigenvalue weighted by Gasteiger charge is 2.24. The molecule has 3 N–H and O–H groups in total. The zero-order valence-corrected chi connectivity index (χ0v) is 10.1. The maximum Gasteiger partial charge on any atom is 0.0741 e. The molecule has 0 fully saturated rings. The normalized spacial score (nSPS) is 15.6. The predicted molar refractivity (Wildman–Crippen MR) is 59.2 cm³/mol. The quantitative estimate of drug-likeness (QED) is 0.607. The van der Waals surface area contributed by atoms with Crippen LogP contribution in [0.15, 0.2) is 0 Å². The van der Waals surface area contributed by atoms with Gasteiger partial charge in [0.1, 0.15) is 0 Å². The van der Waals surface area contributed by atoms with E-state index in [2.05, 4.69) is 19.2 Å². The van der Waals surface area contributed by atoms with Gasteiger partial charge < -0.3 is 15.5 Å². The Kier molecular flexibility index (Phi) is 5.06. The fourth-order valence-corrected chi connectivity index (χ4v) is 1.07. The highest BCUT2D eigenvalue weighted by Crippen LogP contribution is 2.19. The molecule has 0 bridgehead atoms. The van der Waals surface area contributed by atoms with Crippen molar-refractivity contribution in [2.75, 3.05) is 13.2 Å². The lowest BCUT2D eigenvalue weighted by Crippen LogP contribution is -2.47. The first-order chi connectivity index (χ1) is 6.19. The summed E-state index contributed by atoms with van der Waals surface area (Å²) in [4.78, 5) is 0. The predicted octanol–water partition coefficient (Wildman–Crippen LogP) is 1.14. The van der Waals surface area contributed by atoms with Gasteiger partial charge >= 0.3 is 0 Å². The minimum atomic E-state index is -0.699. The van der Waals surface area contributed by atoms with Gasteiger partial charge in [0.15, 0.2) is 0 Å². The summed E-state index contributed by atoms with van der Waals surface area (Å²) in [5.74, 6) is 0. The zero-order valence-electron chi connectivity index (χ0n) is 10.1. The molecule has 3 heteroatoms. The van der Waals surface area contributed by atoms with E-state index in [1.807, 2.05) is 6.92 Å². The lowest BCUT2D eigenvalue weighted by molar-refractivity contribution is 0.0397. The average Bonchev–Trinajstić information content (AvgIpc) is 1.98. The maximum absolute atomic E-state index is 9.70. The van der Waals surface area contributed by atoms with E-state index in [-0.39, 0.29) is 18.1 Å². The van der Waals surface area contributed by atoms with Crippen LogP contribution in [-0.2, 0) is 0 Å². The van der Waals surface area contributed by atoms with Gasteiger partial charge in [0.05, 0.1) is 5.60 Å². The Morgan fingerprint density at radius 3 is 2.07 bits per heavy atom. The summed E-state index contributed by atoms with van der Waals surface area (Å²) >= 11 is 0. The second-order valence-corrected chi connectivity index (χ2v) is 5.39. The number of nitrogens with one attached hydrogen (secondary N) is 1. The molecule has 86 valence electrons. The first kappa shape index (κ1) is 13.9. The summed E-state index contributed by atoms with van der Waals surface area (Å²) in [6, 6.07) is 0.0560. The summed E-state index contributed by atoms with van der Waals surface area (Å²) in [6.07, 6.45) is 0.776. The third-order valence-corrected chi connectivity index (χ3v) is 2.74. The maximum atomic E-state index is 9.70. The van der Waals surface area contributed by atoms with Gasteiger partial charge in [-0.25, -0.2) is 0 Å². The molecule has 1 atom stereocenters. The average molecular weight is 203 g/mol. The Hall–Kier alpha value is -0.120. The summed E-state index contributed by atoms with van der Waals surface area (Å²) in [6.45, 7) is 10.8. The Morgan fingerprint density at radius 1 is 1.21 bits per heavy atom. The van der Waals surface area contributed by atoms with Crippen LogP contribution in [0, 0.1) is 5.41 Å². The van der Waals surface area contributed by atoms with Crippen LogP contribution in [0.4, 0.5) is 0 Å². The first-order valence-corrected chi connectivity index (χ1v) is 5.26. The number of aliphatic hydroxyl groups is 2. The molecule has 0 aliphatic heterocycles. The lowest BCUT2D eigenvalue weighted by Gasteiger charge is -2.31. The van der Waals surface area contributed by atoms with Crippen molar-refractivity contribution in [3.05, 3.63) is 0 Å². The van der Waals surface area contributed by atoms with Gasteiger partial charge in [-0.15, -0.1) is 0 Å². The highest BCUT2D eigenvalue weighted by molar-refractivity contribution is 4.82. The van der Waals surface area contributed by atoms with Gasteiger partial charge in [0, 0.05) is 19.2 Å². The molecule has 0 radical (unpaired) electrons.